The van der Waals surface area contributed by atoms with Crippen LogP contribution < -0.4 is 11.1 Å². The second-order valence-electron chi connectivity index (χ2n) is 4.08. The maximum Gasteiger partial charge on any atom is 0.253 e. The van der Waals surface area contributed by atoms with Crippen LogP contribution in [0.15, 0.2) is 30.7 Å². The number of aryl methyl sites for hydroxylation is 1. The summed E-state index contributed by atoms with van der Waals surface area (Å²) in [5.74, 6) is -0.280. The molecule has 2 aromatic rings. The largest absolute Gasteiger partial charge is 0.397 e. The number of nitrogens with one attached hydrogen (secondary N) is 1. The lowest BCUT2D eigenvalue weighted by Gasteiger charge is -2.09. The molecule has 0 bridgehead atoms. The molecule has 0 aliphatic carbocycles. The fourth-order valence-electron chi connectivity index (χ4n) is 1.61. The van der Waals surface area contributed by atoms with Gasteiger partial charge in [0.25, 0.3) is 5.91 Å². The Morgan fingerprint density at radius 2 is 2.26 bits per heavy atom. The number of halogens is 1. The first-order valence-corrected chi connectivity index (χ1v) is 6.04. The maximum absolute atomic E-state index is 12.0. The lowest BCUT2D eigenvalue weighted by Crippen LogP contribution is -2.24. The predicted octanol–water partition coefficient (Wildman–Crippen LogP) is 1.95. The van der Waals surface area contributed by atoms with Crippen LogP contribution in [-0.2, 0) is 6.54 Å². The number of nitrogens with zero attached hydrogens (tertiary/aromatic N) is 2. The Kier molecular flexibility index (Phi) is 3.97. The summed E-state index contributed by atoms with van der Waals surface area (Å²) < 4.78 is 0. The molecule has 19 heavy (non-hydrogen) atoms. The molecule has 0 spiro atoms. The zero-order valence-corrected chi connectivity index (χ0v) is 11.1. The molecule has 0 atom stereocenters. The highest BCUT2D eigenvalue weighted by atomic mass is 35.5. The van der Waals surface area contributed by atoms with Crippen molar-refractivity contribution in [1.29, 1.82) is 0 Å². The van der Waals surface area contributed by atoms with Crippen LogP contribution in [-0.4, -0.2) is 15.9 Å². The van der Waals surface area contributed by atoms with Crippen molar-refractivity contribution in [1.82, 2.24) is 15.3 Å². The van der Waals surface area contributed by atoms with E-state index in [9.17, 15) is 4.79 Å². The minimum atomic E-state index is -0.280. The summed E-state index contributed by atoms with van der Waals surface area (Å²) in [6, 6.07) is 3.31. The lowest BCUT2D eigenvalue weighted by atomic mass is 10.1. The van der Waals surface area contributed by atoms with Crippen LogP contribution in [0.25, 0.3) is 0 Å². The van der Waals surface area contributed by atoms with Gasteiger partial charge in [-0.15, -0.1) is 0 Å². The van der Waals surface area contributed by atoms with Crippen LogP contribution in [0.3, 0.4) is 0 Å². The molecule has 98 valence electrons. The molecule has 0 unspecified atom stereocenters. The fourth-order valence-corrected chi connectivity index (χ4v) is 1.77. The third-order valence-electron chi connectivity index (χ3n) is 2.72. The van der Waals surface area contributed by atoms with Gasteiger partial charge in [0.2, 0.25) is 0 Å². The van der Waals surface area contributed by atoms with Crippen LogP contribution in [0.4, 0.5) is 5.69 Å². The fraction of sp³-hybridized carbons (Fsp3) is 0.154. The Labute approximate surface area is 115 Å². The quantitative estimate of drug-likeness (QED) is 0.840. The molecule has 2 heterocycles. The van der Waals surface area contributed by atoms with Crippen LogP contribution in [0, 0.1) is 6.92 Å². The Balaban J connectivity index is 2.10. The van der Waals surface area contributed by atoms with Crippen molar-refractivity contribution in [3.63, 3.8) is 0 Å². The number of aromatic nitrogens is 2. The molecule has 0 aliphatic rings. The normalized spacial score (nSPS) is 10.2. The summed E-state index contributed by atoms with van der Waals surface area (Å²) in [5, 5.41) is 3.03. The van der Waals surface area contributed by atoms with E-state index in [2.05, 4.69) is 15.3 Å². The first-order chi connectivity index (χ1) is 9.08. The number of hydrogen-bond acceptors (Lipinski definition) is 4. The second-order valence-corrected chi connectivity index (χ2v) is 4.47. The lowest BCUT2D eigenvalue weighted by molar-refractivity contribution is 0.0951. The molecule has 0 radical (unpaired) electrons. The molecule has 2 rings (SSSR count). The van der Waals surface area contributed by atoms with Crippen molar-refractivity contribution >= 4 is 23.2 Å². The van der Waals surface area contributed by atoms with E-state index in [0.29, 0.717) is 17.8 Å². The van der Waals surface area contributed by atoms with E-state index >= 15 is 0 Å². The third kappa shape index (κ3) is 3.20. The number of hydrogen-bond donors (Lipinski definition) is 2. The summed E-state index contributed by atoms with van der Waals surface area (Å²) in [7, 11) is 0. The van der Waals surface area contributed by atoms with Crippen molar-refractivity contribution in [2.75, 3.05) is 5.73 Å². The van der Waals surface area contributed by atoms with E-state index in [1.807, 2.05) is 13.0 Å². The smallest absolute Gasteiger partial charge is 0.253 e. The average Bonchev–Trinajstić information content (AvgIpc) is 2.40. The molecule has 0 saturated carbocycles. The van der Waals surface area contributed by atoms with Crippen molar-refractivity contribution in [3.8, 4) is 0 Å². The van der Waals surface area contributed by atoms with Crippen molar-refractivity contribution in [3.05, 3.63) is 52.6 Å². The molecule has 0 fully saturated rings. The molecule has 1 amide bonds. The van der Waals surface area contributed by atoms with Gasteiger partial charge in [0.15, 0.2) is 0 Å². The Morgan fingerprint density at radius 3 is 3.00 bits per heavy atom. The third-order valence-corrected chi connectivity index (χ3v) is 2.93. The highest BCUT2D eigenvalue weighted by Crippen LogP contribution is 2.15. The van der Waals surface area contributed by atoms with Gasteiger partial charge in [-0.3, -0.25) is 9.78 Å². The molecule has 6 heteroatoms. The molecule has 2 aromatic heterocycles. The number of rotatable bonds is 3. The first-order valence-electron chi connectivity index (χ1n) is 5.66. The van der Waals surface area contributed by atoms with Gasteiger partial charge in [0.1, 0.15) is 5.15 Å². The van der Waals surface area contributed by atoms with Crippen molar-refractivity contribution < 1.29 is 4.79 Å². The number of carbonyl (C=O) groups excluding carboxylic acids is 1. The predicted molar refractivity (Wildman–Crippen MR) is 73.8 cm³/mol. The van der Waals surface area contributed by atoms with Gasteiger partial charge >= 0.3 is 0 Å². The van der Waals surface area contributed by atoms with Gasteiger partial charge in [-0.25, -0.2) is 4.98 Å². The number of anilines is 1. The summed E-state index contributed by atoms with van der Waals surface area (Å²) >= 11 is 5.75. The highest BCUT2D eigenvalue weighted by molar-refractivity contribution is 6.29. The molecule has 5 nitrogen and oxygen atoms in total. The monoisotopic (exact) mass is 276 g/mol. The van der Waals surface area contributed by atoms with Gasteiger partial charge in [-0.1, -0.05) is 11.6 Å². The Morgan fingerprint density at radius 1 is 1.47 bits per heavy atom. The zero-order valence-electron chi connectivity index (χ0n) is 10.4. The molecule has 0 aromatic carbocycles. The molecular weight excluding hydrogens is 264 g/mol. The van der Waals surface area contributed by atoms with E-state index in [1.54, 1.807) is 12.4 Å². The number of amides is 1. The molecular formula is C13H13ClN4O. The highest BCUT2D eigenvalue weighted by Gasteiger charge is 2.11. The van der Waals surface area contributed by atoms with Crippen molar-refractivity contribution in [2.24, 2.45) is 0 Å². The SMILES string of the molecule is Cc1cnccc1CNC(=O)c1cc(Cl)ncc1N. The number of carbonyl (C=O) groups is 1. The van der Waals surface area contributed by atoms with Gasteiger partial charge < -0.3 is 11.1 Å². The van der Waals surface area contributed by atoms with Crippen LogP contribution >= 0.6 is 11.6 Å². The standard InChI is InChI=1S/C13H13ClN4O/c1-8-5-16-3-2-9(8)6-18-13(19)10-4-12(14)17-7-11(10)15/h2-5,7H,6,15H2,1H3,(H,18,19). The number of pyridine rings is 2. The topological polar surface area (TPSA) is 80.9 Å². The van der Waals surface area contributed by atoms with Gasteiger partial charge in [-0.05, 0) is 30.2 Å². The van der Waals surface area contributed by atoms with Gasteiger partial charge in [0.05, 0.1) is 17.4 Å². The van der Waals surface area contributed by atoms with E-state index < -0.39 is 0 Å². The van der Waals surface area contributed by atoms with E-state index in [4.69, 9.17) is 17.3 Å². The zero-order chi connectivity index (χ0) is 13.8. The number of nitrogen functional groups attached to an aromatic ring is 1. The minimum Gasteiger partial charge on any atom is -0.397 e. The summed E-state index contributed by atoms with van der Waals surface area (Å²) in [6.45, 7) is 2.35. The Hall–Kier alpha value is -2.14. The van der Waals surface area contributed by atoms with Crippen LogP contribution in [0.5, 0.6) is 0 Å². The van der Waals surface area contributed by atoms with E-state index in [1.165, 1.54) is 12.3 Å². The summed E-state index contributed by atoms with van der Waals surface area (Å²) in [5.41, 5.74) is 8.34. The maximum atomic E-state index is 12.0. The molecule has 3 N–H and O–H groups in total. The summed E-state index contributed by atoms with van der Waals surface area (Å²) in [4.78, 5) is 19.8. The van der Waals surface area contributed by atoms with E-state index in [-0.39, 0.29) is 11.1 Å². The van der Waals surface area contributed by atoms with Gasteiger partial charge in [-0.2, -0.15) is 0 Å². The second kappa shape index (κ2) is 5.67. The average molecular weight is 277 g/mol. The first kappa shape index (κ1) is 13.3. The Bertz CT molecular complexity index is 615. The minimum absolute atomic E-state index is 0.236. The van der Waals surface area contributed by atoms with Crippen LogP contribution in [0.2, 0.25) is 5.15 Å². The van der Waals surface area contributed by atoms with E-state index in [0.717, 1.165) is 11.1 Å². The van der Waals surface area contributed by atoms with Crippen LogP contribution in [0.1, 0.15) is 21.5 Å². The number of nitrogens with two attached hydrogens (primary N) is 1. The van der Waals surface area contributed by atoms with Gasteiger partial charge in [0, 0.05) is 18.9 Å². The summed E-state index contributed by atoms with van der Waals surface area (Å²) in [6.07, 6.45) is 4.81. The molecule has 0 aliphatic heterocycles. The van der Waals surface area contributed by atoms with Crippen molar-refractivity contribution in [2.45, 2.75) is 13.5 Å². The molecule has 0 saturated heterocycles.